The number of nitrogens with zero attached hydrogens (tertiary/aromatic N) is 2. The van der Waals surface area contributed by atoms with Crippen molar-refractivity contribution >= 4 is 29.3 Å². The van der Waals surface area contributed by atoms with Crippen molar-refractivity contribution in [1.29, 1.82) is 0 Å². The van der Waals surface area contributed by atoms with Gasteiger partial charge in [-0.25, -0.2) is 4.79 Å². The standard InChI is InChI=1S/C12H6N2O4S/c1-18-12(17)5-2-3-6-7(4-5)11(16)9-8(10(6)15)13-19-14-9/h2-4H,1H3. The van der Waals surface area contributed by atoms with Crippen molar-refractivity contribution in [3.8, 4) is 0 Å². The van der Waals surface area contributed by atoms with E-state index in [0.717, 1.165) is 11.7 Å². The Hall–Kier alpha value is -2.41. The first-order valence-corrected chi connectivity index (χ1v) is 6.01. The second-order valence-corrected chi connectivity index (χ2v) is 4.40. The van der Waals surface area contributed by atoms with Crippen LogP contribution in [-0.4, -0.2) is 33.4 Å². The second-order valence-electron chi connectivity index (χ2n) is 3.87. The van der Waals surface area contributed by atoms with Crippen LogP contribution in [0.5, 0.6) is 0 Å². The third kappa shape index (κ3) is 1.59. The summed E-state index contributed by atoms with van der Waals surface area (Å²) < 4.78 is 12.2. The molecular weight excluding hydrogens is 268 g/mol. The van der Waals surface area contributed by atoms with Crippen molar-refractivity contribution in [3.05, 3.63) is 46.3 Å². The van der Waals surface area contributed by atoms with E-state index in [9.17, 15) is 14.4 Å². The van der Waals surface area contributed by atoms with E-state index in [1.807, 2.05) is 0 Å². The van der Waals surface area contributed by atoms with Crippen LogP contribution in [-0.2, 0) is 4.74 Å². The molecule has 0 atom stereocenters. The van der Waals surface area contributed by atoms with E-state index in [1.54, 1.807) is 0 Å². The summed E-state index contributed by atoms with van der Waals surface area (Å²) in [6.07, 6.45) is 0. The number of hydrogen-bond donors (Lipinski definition) is 0. The molecule has 19 heavy (non-hydrogen) atoms. The summed E-state index contributed by atoms with van der Waals surface area (Å²) in [6.45, 7) is 0. The van der Waals surface area contributed by atoms with Crippen LogP contribution >= 0.6 is 11.7 Å². The van der Waals surface area contributed by atoms with Crippen molar-refractivity contribution in [3.63, 3.8) is 0 Å². The predicted molar refractivity (Wildman–Crippen MR) is 64.6 cm³/mol. The summed E-state index contributed by atoms with van der Waals surface area (Å²) in [5.74, 6) is -1.32. The Balaban J connectivity index is 2.20. The summed E-state index contributed by atoms with van der Waals surface area (Å²) in [7, 11) is 1.25. The highest BCUT2D eigenvalue weighted by molar-refractivity contribution is 6.99. The number of rotatable bonds is 1. The van der Waals surface area contributed by atoms with Gasteiger partial charge in [-0.1, -0.05) is 0 Å². The monoisotopic (exact) mass is 274 g/mol. The lowest BCUT2D eigenvalue weighted by atomic mass is 9.89. The number of carbonyl (C=O) groups is 3. The van der Waals surface area contributed by atoms with Crippen LogP contribution in [0.3, 0.4) is 0 Å². The summed E-state index contributed by atoms with van der Waals surface area (Å²) in [6, 6.07) is 4.23. The zero-order chi connectivity index (χ0) is 13.6. The molecule has 6 nitrogen and oxygen atoms in total. The molecule has 94 valence electrons. The van der Waals surface area contributed by atoms with E-state index in [1.165, 1.54) is 25.3 Å². The van der Waals surface area contributed by atoms with Crippen molar-refractivity contribution in [2.75, 3.05) is 7.11 Å². The number of esters is 1. The number of aromatic nitrogens is 2. The van der Waals surface area contributed by atoms with Crippen LogP contribution < -0.4 is 0 Å². The number of fused-ring (bicyclic) bond motifs is 2. The smallest absolute Gasteiger partial charge is 0.337 e. The topological polar surface area (TPSA) is 86.2 Å². The largest absolute Gasteiger partial charge is 0.465 e. The highest BCUT2D eigenvalue weighted by Gasteiger charge is 2.33. The molecule has 0 unspecified atom stereocenters. The third-order valence-electron chi connectivity index (χ3n) is 2.85. The molecule has 0 saturated heterocycles. The molecule has 0 amide bonds. The molecule has 0 spiro atoms. The van der Waals surface area contributed by atoms with E-state index >= 15 is 0 Å². The quantitative estimate of drug-likeness (QED) is 0.618. The Kier molecular flexibility index (Phi) is 2.49. The fraction of sp³-hybridized carbons (Fsp3) is 0.0833. The van der Waals surface area contributed by atoms with Gasteiger partial charge < -0.3 is 4.74 Å². The van der Waals surface area contributed by atoms with E-state index in [0.29, 0.717) is 0 Å². The maximum Gasteiger partial charge on any atom is 0.337 e. The molecule has 1 aromatic carbocycles. The number of ketones is 2. The van der Waals surface area contributed by atoms with Gasteiger partial charge in [-0.2, -0.15) is 8.75 Å². The molecule has 0 radical (unpaired) electrons. The first-order valence-electron chi connectivity index (χ1n) is 5.28. The van der Waals surface area contributed by atoms with Crippen molar-refractivity contribution in [2.45, 2.75) is 0 Å². The van der Waals surface area contributed by atoms with Gasteiger partial charge in [0.15, 0.2) is 11.4 Å². The van der Waals surface area contributed by atoms with Gasteiger partial charge in [-0.15, -0.1) is 0 Å². The number of benzene rings is 1. The normalized spacial score (nSPS) is 12.9. The first-order chi connectivity index (χ1) is 9.13. The van der Waals surface area contributed by atoms with Crippen molar-refractivity contribution in [1.82, 2.24) is 8.75 Å². The van der Waals surface area contributed by atoms with Crippen LogP contribution in [0.25, 0.3) is 0 Å². The molecule has 1 aromatic heterocycles. The minimum absolute atomic E-state index is 0.0458. The molecule has 1 aliphatic rings. The Morgan fingerprint density at radius 3 is 2.37 bits per heavy atom. The average Bonchev–Trinajstić information content (AvgIpc) is 2.93. The molecular formula is C12H6N2O4S. The molecule has 1 aliphatic carbocycles. The Morgan fingerprint density at radius 2 is 1.74 bits per heavy atom. The van der Waals surface area contributed by atoms with Crippen LogP contribution in [0, 0.1) is 0 Å². The Morgan fingerprint density at radius 1 is 1.11 bits per heavy atom. The second kappa shape index (κ2) is 4.06. The molecule has 0 fully saturated rings. The van der Waals surface area contributed by atoms with Gasteiger partial charge in [-0.05, 0) is 18.2 Å². The van der Waals surface area contributed by atoms with Crippen LogP contribution in [0.2, 0.25) is 0 Å². The highest BCUT2D eigenvalue weighted by Crippen LogP contribution is 2.26. The zero-order valence-corrected chi connectivity index (χ0v) is 10.5. The lowest BCUT2D eigenvalue weighted by Crippen LogP contribution is -2.21. The molecule has 0 N–H and O–H groups in total. The van der Waals surface area contributed by atoms with Crippen molar-refractivity contribution in [2.24, 2.45) is 0 Å². The maximum absolute atomic E-state index is 12.2. The molecule has 0 saturated carbocycles. The molecule has 1 heterocycles. The Bertz CT molecular complexity index is 735. The van der Waals surface area contributed by atoms with Crippen LogP contribution in [0.4, 0.5) is 0 Å². The molecule has 2 aromatic rings. The minimum atomic E-state index is -0.565. The lowest BCUT2D eigenvalue weighted by molar-refractivity contribution is 0.0600. The van der Waals surface area contributed by atoms with Gasteiger partial charge in [-0.3, -0.25) is 9.59 Å². The number of methoxy groups -OCH3 is 1. The van der Waals surface area contributed by atoms with E-state index in [2.05, 4.69) is 13.5 Å². The van der Waals surface area contributed by atoms with E-state index in [4.69, 9.17) is 0 Å². The Labute approximate surface area is 111 Å². The zero-order valence-electron chi connectivity index (χ0n) is 9.67. The summed E-state index contributed by atoms with van der Waals surface area (Å²) in [5.41, 5.74) is 0.734. The van der Waals surface area contributed by atoms with Gasteiger partial charge >= 0.3 is 5.97 Å². The maximum atomic E-state index is 12.2. The van der Waals surface area contributed by atoms with Gasteiger partial charge in [0.05, 0.1) is 24.4 Å². The van der Waals surface area contributed by atoms with E-state index in [-0.39, 0.29) is 33.9 Å². The molecule has 0 aliphatic heterocycles. The summed E-state index contributed by atoms with van der Waals surface area (Å²) >= 11 is 0.815. The number of hydrogen-bond acceptors (Lipinski definition) is 7. The number of carbonyl (C=O) groups excluding carboxylic acids is 3. The van der Waals surface area contributed by atoms with Gasteiger partial charge in [0, 0.05) is 11.1 Å². The van der Waals surface area contributed by atoms with Crippen LogP contribution in [0.1, 0.15) is 42.5 Å². The van der Waals surface area contributed by atoms with E-state index < -0.39 is 11.8 Å². The fourth-order valence-electron chi connectivity index (χ4n) is 1.92. The first kappa shape index (κ1) is 11.7. The van der Waals surface area contributed by atoms with Crippen molar-refractivity contribution < 1.29 is 19.1 Å². The molecule has 3 rings (SSSR count). The molecule has 7 heteroatoms. The highest BCUT2D eigenvalue weighted by atomic mass is 32.1. The minimum Gasteiger partial charge on any atom is -0.465 e. The van der Waals surface area contributed by atoms with Crippen LogP contribution in [0.15, 0.2) is 18.2 Å². The SMILES string of the molecule is COC(=O)c1ccc2c(c1)C(=O)c1nsnc1C2=O. The lowest BCUT2D eigenvalue weighted by Gasteiger charge is -2.12. The number of ether oxygens (including phenoxy) is 1. The van der Waals surface area contributed by atoms with Gasteiger partial charge in [0.1, 0.15) is 0 Å². The average molecular weight is 274 g/mol. The molecule has 0 bridgehead atoms. The predicted octanol–water partition coefficient (Wildman–Crippen LogP) is 1.10. The van der Waals surface area contributed by atoms with Gasteiger partial charge in [0.2, 0.25) is 11.6 Å². The fourth-order valence-corrected chi connectivity index (χ4v) is 2.46. The summed E-state index contributed by atoms with van der Waals surface area (Å²) in [5, 5.41) is 0. The third-order valence-corrected chi connectivity index (χ3v) is 3.38. The van der Waals surface area contributed by atoms with Gasteiger partial charge in [0.25, 0.3) is 0 Å². The summed E-state index contributed by atoms with van der Waals surface area (Å²) in [4.78, 5) is 35.7.